The Labute approximate surface area is 117 Å². The second-order valence-corrected chi connectivity index (χ2v) is 4.21. The molecule has 0 aliphatic rings. The van der Waals surface area contributed by atoms with Crippen LogP contribution in [0, 0.1) is 5.82 Å². The van der Waals surface area contributed by atoms with Gasteiger partial charge in [0.2, 0.25) is 0 Å². The minimum atomic E-state index is -0.412. The first kappa shape index (κ1) is 14.0. The van der Waals surface area contributed by atoms with E-state index < -0.39 is 5.82 Å². The number of benzene rings is 2. The van der Waals surface area contributed by atoms with Crippen molar-refractivity contribution in [3.63, 3.8) is 0 Å². The van der Waals surface area contributed by atoms with Crippen LogP contribution in [-0.2, 0) is 0 Å². The summed E-state index contributed by atoms with van der Waals surface area (Å²) in [5.41, 5.74) is 1.23. The maximum atomic E-state index is 13.0. The zero-order valence-corrected chi connectivity index (χ0v) is 11.2. The van der Waals surface area contributed by atoms with Crippen molar-refractivity contribution in [2.24, 2.45) is 0 Å². The molecule has 102 valence electrons. The van der Waals surface area contributed by atoms with E-state index in [-0.39, 0.29) is 5.78 Å². The molecule has 2 rings (SSSR count). The molecule has 0 radical (unpaired) electrons. The molecule has 2 nitrogen and oxygen atoms in total. The van der Waals surface area contributed by atoms with Crippen LogP contribution in [0.2, 0.25) is 0 Å². The lowest BCUT2D eigenvalue weighted by Crippen LogP contribution is -1.94. The van der Waals surface area contributed by atoms with Crippen LogP contribution in [0.15, 0.2) is 54.6 Å². The van der Waals surface area contributed by atoms with E-state index in [4.69, 9.17) is 4.74 Å². The molecule has 0 atom stereocenters. The number of ether oxygens (including phenoxy) is 1. The maximum Gasteiger partial charge on any atom is 0.185 e. The minimum absolute atomic E-state index is 0.224. The van der Waals surface area contributed by atoms with Crippen LogP contribution in [0.1, 0.15) is 22.8 Å². The number of allylic oxidation sites excluding steroid dienone is 1. The highest BCUT2D eigenvalue weighted by Gasteiger charge is 2.02. The van der Waals surface area contributed by atoms with Gasteiger partial charge in [0.1, 0.15) is 11.6 Å². The topological polar surface area (TPSA) is 26.3 Å². The molecule has 0 aromatic heterocycles. The van der Waals surface area contributed by atoms with E-state index in [1.54, 1.807) is 12.1 Å². The summed E-state index contributed by atoms with van der Waals surface area (Å²) in [7, 11) is 0. The first-order chi connectivity index (χ1) is 9.69. The number of carbonyl (C=O) groups is 1. The van der Waals surface area contributed by atoms with Gasteiger partial charge in [-0.2, -0.15) is 0 Å². The third-order valence-electron chi connectivity index (χ3n) is 2.73. The van der Waals surface area contributed by atoms with E-state index in [1.165, 1.54) is 24.3 Å². The molecule has 0 aliphatic heterocycles. The first-order valence-electron chi connectivity index (χ1n) is 6.40. The van der Waals surface area contributed by atoms with Crippen molar-refractivity contribution in [3.05, 3.63) is 71.6 Å². The summed E-state index contributed by atoms with van der Waals surface area (Å²) in [5, 5.41) is 0. The van der Waals surface area contributed by atoms with Gasteiger partial charge in [0.25, 0.3) is 0 Å². The number of hydrogen-bond acceptors (Lipinski definition) is 2. The van der Waals surface area contributed by atoms with Crippen LogP contribution in [-0.4, -0.2) is 12.4 Å². The standard InChI is InChI=1S/C17H15FO2/c1-2-20-16-9-6-13(7-10-16)8-11-17(19)14-4-3-5-15(18)12-14/h3-12H,2H2,1H3. The normalized spacial score (nSPS) is 10.7. The Morgan fingerprint density at radius 2 is 1.95 bits per heavy atom. The van der Waals surface area contributed by atoms with Crippen molar-refractivity contribution in [2.75, 3.05) is 6.61 Å². The fourth-order valence-corrected chi connectivity index (χ4v) is 1.75. The van der Waals surface area contributed by atoms with Gasteiger partial charge in [-0.15, -0.1) is 0 Å². The van der Waals surface area contributed by atoms with E-state index in [0.717, 1.165) is 11.3 Å². The fourth-order valence-electron chi connectivity index (χ4n) is 1.75. The molecular formula is C17H15FO2. The van der Waals surface area contributed by atoms with Gasteiger partial charge in [0.15, 0.2) is 5.78 Å². The highest BCUT2D eigenvalue weighted by molar-refractivity contribution is 6.06. The van der Waals surface area contributed by atoms with E-state index in [9.17, 15) is 9.18 Å². The second kappa shape index (κ2) is 6.66. The Kier molecular flexibility index (Phi) is 4.66. The molecule has 0 heterocycles. The molecule has 2 aromatic carbocycles. The summed E-state index contributed by atoms with van der Waals surface area (Å²) in [6, 6.07) is 13.1. The Balaban J connectivity index is 2.07. The molecule has 0 unspecified atom stereocenters. The lowest BCUT2D eigenvalue weighted by Gasteiger charge is -2.02. The van der Waals surface area contributed by atoms with Gasteiger partial charge in [-0.05, 0) is 42.8 Å². The van der Waals surface area contributed by atoms with Gasteiger partial charge in [-0.25, -0.2) is 4.39 Å². The number of halogens is 1. The number of hydrogen-bond donors (Lipinski definition) is 0. The second-order valence-electron chi connectivity index (χ2n) is 4.21. The van der Waals surface area contributed by atoms with E-state index in [0.29, 0.717) is 12.2 Å². The average molecular weight is 270 g/mol. The average Bonchev–Trinajstić information content (AvgIpc) is 2.46. The number of rotatable bonds is 5. The highest BCUT2D eigenvalue weighted by atomic mass is 19.1. The van der Waals surface area contributed by atoms with Crippen LogP contribution in [0.3, 0.4) is 0 Å². The number of carbonyl (C=O) groups excluding carboxylic acids is 1. The van der Waals surface area contributed by atoms with Gasteiger partial charge >= 0.3 is 0 Å². The summed E-state index contributed by atoms with van der Waals surface area (Å²) >= 11 is 0. The lowest BCUT2D eigenvalue weighted by molar-refractivity contribution is 0.104. The molecule has 0 fully saturated rings. The molecule has 2 aromatic rings. The van der Waals surface area contributed by atoms with E-state index >= 15 is 0 Å². The van der Waals surface area contributed by atoms with Crippen molar-refractivity contribution in [1.29, 1.82) is 0 Å². The van der Waals surface area contributed by atoms with Crippen molar-refractivity contribution in [3.8, 4) is 5.75 Å². The zero-order valence-electron chi connectivity index (χ0n) is 11.2. The molecule has 20 heavy (non-hydrogen) atoms. The largest absolute Gasteiger partial charge is 0.494 e. The van der Waals surface area contributed by atoms with Crippen LogP contribution < -0.4 is 4.74 Å². The van der Waals surface area contributed by atoms with Crippen LogP contribution in [0.25, 0.3) is 6.08 Å². The van der Waals surface area contributed by atoms with Crippen molar-refractivity contribution in [1.82, 2.24) is 0 Å². The summed E-state index contributed by atoms with van der Waals surface area (Å²) < 4.78 is 18.4. The van der Waals surface area contributed by atoms with Crippen LogP contribution in [0.4, 0.5) is 4.39 Å². The molecule has 0 aliphatic carbocycles. The predicted octanol–water partition coefficient (Wildman–Crippen LogP) is 4.12. The third-order valence-corrected chi connectivity index (χ3v) is 2.73. The quantitative estimate of drug-likeness (QED) is 0.603. The molecule has 0 amide bonds. The maximum absolute atomic E-state index is 13.0. The van der Waals surface area contributed by atoms with Crippen LogP contribution >= 0.6 is 0 Å². The zero-order chi connectivity index (χ0) is 14.4. The van der Waals surface area contributed by atoms with Gasteiger partial charge in [0.05, 0.1) is 6.61 Å². The van der Waals surface area contributed by atoms with Gasteiger partial charge in [0, 0.05) is 5.56 Å². The van der Waals surface area contributed by atoms with Gasteiger partial charge in [-0.3, -0.25) is 4.79 Å². The molecule has 0 saturated carbocycles. The molecule has 0 bridgehead atoms. The smallest absolute Gasteiger partial charge is 0.185 e. The Bertz CT molecular complexity index is 615. The highest BCUT2D eigenvalue weighted by Crippen LogP contribution is 2.13. The van der Waals surface area contributed by atoms with E-state index in [2.05, 4.69) is 0 Å². The van der Waals surface area contributed by atoms with E-state index in [1.807, 2.05) is 31.2 Å². The Morgan fingerprint density at radius 3 is 2.60 bits per heavy atom. The van der Waals surface area contributed by atoms with Crippen molar-refractivity contribution >= 4 is 11.9 Å². The first-order valence-corrected chi connectivity index (χ1v) is 6.40. The minimum Gasteiger partial charge on any atom is -0.494 e. The third kappa shape index (κ3) is 3.79. The predicted molar refractivity (Wildman–Crippen MR) is 77.4 cm³/mol. The fraction of sp³-hybridized carbons (Fsp3) is 0.118. The Morgan fingerprint density at radius 1 is 1.20 bits per heavy atom. The summed E-state index contributed by atoms with van der Waals surface area (Å²) in [6.45, 7) is 2.54. The van der Waals surface area contributed by atoms with Gasteiger partial charge < -0.3 is 4.74 Å². The SMILES string of the molecule is CCOc1ccc(C=CC(=O)c2cccc(F)c2)cc1. The van der Waals surface area contributed by atoms with Crippen molar-refractivity contribution in [2.45, 2.75) is 6.92 Å². The summed E-state index contributed by atoms with van der Waals surface area (Å²) in [6.07, 6.45) is 3.13. The molecular weight excluding hydrogens is 255 g/mol. The monoisotopic (exact) mass is 270 g/mol. The number of ketones is 1. The van der Waals surface area contributed by atoms with Gasteiger partial charge in [-0.1, -0.05) is 30.3 Å². The summed E-state index contributed by atoms with van der Waals surface area (Å²) in [5.74, 6) is 0.157. The molecule has 0 saturated heterocycles. The van der Waals surface area contributed by atoms with Crippen molar-refractivity contribution < 1.29 is 13.9 Å². The van der Waals surface area contributed by atoms with Crippen LogP contribution in [0.5, 0.6) is 5.75 Å². The molecule has 3 heteroatoms. The Hall–Kier alpha value is -2.42. The molecule has 0 N–H and O–H groups in total. The molecule has 0 spiro atoms. The lowest BCUT2D eigenvalue weighted by atomic mass is 10.1. The summed E-state index contributed by atoms with van der Waals surface area (Å²) in [4.78, 5) is 11.9.